The highest BCUT2D eigenvalue weighted by molar-refractivity contribution is 5.69. The van der Waals surface area contributed by atoms with Crippen molar-refractivity contribution >= 4 is 11.9 Å². The molecule has 0 radical (unpaired) electrons. The van der Waals surface area contributed by atoms with Crippen molar-refractivity contribution in [1.29, 1.82) is 0 Å². The van der Waals surface area contributed by atoms with Crippen LogP contribution < -0.4 is 0 Å². The first-order valence-corrected chi connectivity index (χ1v) is 17.7. The van der Waals surface area contributed by atoms with Crippen molar-refractivity contribution in [2.75, 3.05) is 0 Å². The first kappa shape index (κ1) is 38.7. The normalized spacial score (nSPS) is 12.2. The molecule has 1 N–H and O–H groups in total. The fraction of sp³-hybridized carbons (Fsp3) is 0.889. The summed E-state index contributed by atoms with van der Waals surface area (Å²) in [6.07, 6.45) is 37.9. The lowest BCUT2D eigenvalue weighted by Crippen LogP contribution is -2.18. The van der Waals surface area contributed by atoms with Gasteiger partial charge in [0.1, 0.15) is 6.10 Å². The molecule has 1 unspecified atom stereocenters. The SMILES string of the molecule is CCCCCCCC/C=C\CCCCCCCC(=O)OC(CCCCCCCCCCC)CCCCCC(=O)O. The number of hydrogen-bond donors (Lipinski definition) is 1. The molecule has 0 aliphatic carbocycles. The number of aliphatic carboxylic acids is 1. The van der Waals surface area contributed by atoms with E-state index in [1.54, 1.807) is 0 Å². The maximum Gasteiger partial charge on any atom is 0.306 e. The lowest BCUT2D eigenvalue weighted by molar-refractivity contribution is -0.150. The zero-order valence-corrected chi connectivity index (χ0v) is 26.9. The number of ether oxygens (including phenoxy) is 1. The molecule has 0 aliphatic rings. The summed E-state index contributed by atoms with van der Waals surface area (Å²) in [7, 11) is 0. The Morgan fingerprint density at radius 1 is 0.525 bits per heavy atom. The van der Waals surface area contributed by atoms with Gasteiger partial charge in [0.2, 0.25) is 0 Å². The fourth-order valence-corrected chi connectivity index (χ4v) is 5.35. The summed E-state index contributed by atoms with van der Waals surface area (Å²) >= 11 is 0. The number of esters is 1. The van der Waals surface area contributed by atoms with E-state index in [0.717, 1.165) is 44.9 Å². The average Bonchev–Trinajstić information content (AvgIpc) is 2.93. The molecule has 0 rings (SSSR count). The summed E-state index contributed by atoms with van der Waals surface area (Å²) in [4.78, 5) is 23.3. The Labute approximate surface area is 249 Å². The molecule has 4 heteroatoms. The van der Waals surface area contributed by atoms with Gasteiger partial charge in [-0.1, -0.05) is 135 Å². The van der Waals surface area contributed by atoms with Crippen molar-refractivity contribution in [3.8, 4) is 0 Å². The largest absolute Gasteiger partial charge is 0.481 e. The molecule has 40 heavy (non-hydrogen) atoms. The molecule has 0 saturated heterocycles. The molecule has 0 amide bonds. The lowest BCUT2D eigenvalue weighted by atomic mass is 10.0. The van der Waals surface area contributed by atoms with E-state index in [2.05, 4.69) is 26.0 Å². The minimum Gasteiger partial charge on any atom is -0.481 e. The van der Waals surface area contributed by atoms with Crippen LogP contribution in [0.4, 0.5) is 0 Å². The van der Waals surface area contributed by atoms with Gasteiger partial charge in [0.25, 0.3) is 0 Å². The smallest absolute Gasteiger partial charge is 0.306 e. The molecule has 0 aromatic rings. The Bertz CT molecular complexity index is 571. The number of carbonyl (C=O) groups is 2. The summed E-state index contributed by atoms with van der Waals surface area (Å²) in [6, 6.07) is 0. The summed E-state index contributed by atoms with van der Waals surface area (Å²) in [5.41, 5.74) is 0. The molecule has 1 atom stereocenters. The van der Waals surface area contributed by atoms with Gasteiger partial charge in [0.15, 0.2) is 0 Å². The molecule has 0 aromatic heterocycles. The molecule has 0 bridgehead atoms. The van der Waals surface area contributed by atoms with Crippen molar-refractivity contribution < 1.29 is 19.4 Å². The van der Waals surface area contributed by atoms with Crippen LogP contribution in [0.25, 0.3) is 0 Å². The third-order valence-corrected chi connectivity index (χ3v) is 7.99. The van der Waals surface area contributed by atoms with Crippen molar-refractivity contribution in [3.63, 3.8) is 0 Å². The van der Waals surface area contributed by atoms with Crippen molar-refractivity contribution in [2.45, 2.75) is 206 Å². The number of carbonyl (C=O) groups excluding carboxylic acids is 1. The van der Waals surface area contributed by atoms with Crippen LogP contribution in [0.5, 0.6) is 0 Å². The molecule has 0 fully saturated rings. The Hall–Kier alpha value is -1.32. The Morgan fingerprint density at radius 3 is 1.38 bits per heavy atom. The highest BCUT2D eigenvalue weighted by atomic mass is 16.5. The lowest BCUT2D eigenvalue weighted by Gasteiger charge is -2.18. The van der Waals surface area contributed by atoms with Crippen molar-refractivity contribution in [3.05, 3.63) is 12.2 Å². The van der Waals surface area contributed by atoms with E-state index in [1.807, 2.05) is 0 Å². The number of allylic oxidation sites excluding steroid dienone is 2. The van der Waals surface area contributed by atoms with E-state index in [-0.39, 0.29) is 18.5 Å². The molecular weight excluding hydrogens is 496 g/mol. The first-order chi connectivity index (χ1) is 19.6. The number of carboxylic acids is 1. The topological polar surface area (TPSA) is 63.6 Å². The van der Waals surface area contributed by atoms with Gasteiger partial charge in [-0.15, -0.1) is 0 Å². The van der Waals surface area contributed by atoms with E-state index < -0.39 is 5.97 Å². The van der Waals surface area contributed by atoms with Gasteiger partial charge in [-0.05, 0) is 64.2 Å². The van der Waals surface area contributed by atoms with Crippen molar-refractivity contribution in [1.82, 2.24) is 0 Å². The molecular formula is C36H68O4. The third kappa shape index (κ3) is 31.2. The summed E-state index contributed by atoms with van der Waals surface area (Å²) < 4.78 is 5.90. The van der Waals surface area contributed by atoms with Gasteiger partial charge >= 0.3 is 11.9 Å². The van der Waals surface area contributed by atoms with Crippen LogP contribution >= 0.6 is 0 Å². The zero-order valence-electron chi connectivity index (χ0n) is 26.9. The summed E-state index contributed by atoms with van der Waals surface area (Å²) in [5, 5.41) is 8.85. The molecule has 0 saturated carbocycles. The van der Waals surface area contributed by atoms with Crippen LogP contribution in [-0.4, -0.2) is 23.1 Å². The molecule has 0 aliphatic heterocycles. The second kappa shape index (κ2) is 32.2. The maximum absolute atomic E-state index is 12.5. The number of hydrogen-bond acceptors (Lipinski definition) is 3. The zero-order chi connectivity index (χ0) is 29.4. The second-order valence-corrected chi connectivity index (χ2v) is 12.1. The Kier molecular flexibility index (Phi) is 31.1. The molecule has 0 spiro atoms. The van der Waals surface area contributed by atoms with Gasteiger partial charge in [0, 0.05) is 12.8 Å². The van der Waals surface area contributed by atoms with E-state index in [1.165, 1.54) is 122 Å². The average molecular weight is 565 g/mol. The van der Waals surface area contributed by atoms with Gasteiger partial charge in [-0.3, -0.25) is 9.59 Å². The minimum absolute atomic E-state index is 0.00464. The predicted octanol–water partition coefficient (Wildman–Crippen LogP) is 11.9. The minimum atomic E-state index is -0.724. The number of rotatable bonds is 32. The monoisotopic (exact) mass is 565 g/mol. The van der Waals surface area contributed by atoms with Crippen LogP contribution in [0.2, 0.25) is 0 Å². The van der Waals surface area contributed by atoms with Crippen LogP contribution in [0.3, 0.4) is 0 Å². The van der Waals surface area contributed by atoms with Crippen LogP contribution in [0, 0.1) is 0 Å². The van der Waals surface area contributed by atoms with E-state index >= 15 is 0 Å². The van der Waals surface area contributed by atoms with E-state index in [0.29, 0.717) is 12.8 Å². The number of carboxylic acid groups (broad SMARTS) is 1. The maximum atomic E-state index is 12.5. The van der Waals surface area contributed by atoms with E-state index in [4.69, 9.17) is 9.84 Å². The fourth-order valence-electron chi connectivity index (χ4n) is 5.35. The van der Waals surface area contributed by atoms with Gasteiger partial charge in [-0.2, -0.15) is 0 Å². The highest BCUT2D eigenvalue weighted by Gasteiger charge is 2.14. The molecule has 4 nitrogen and oxygen atoms in total. The molecule has 236 valence electrons. The second-order valence-electron chi connectivity index (χ2n) is 12.1. The quantitative estimate of drug-likeness (QED) is 0.0501. The summed E-state index contributed by atoms with van der Waals surface area (Å²) in [5.74, 6) is -0.762. The molecule has 0 aromatic carbocycles. The predicted molar refractivity (Wildman–Crippen MR) is 172 cm³/mol. The Morgan fingerprint density at radius 2 is 0.900 bits per heavy atom. The Balaban J connectivity index is 3.93. The van der Waals surface area contributed by atoms with Gasteiger partial charge < -0.3 is 9.84 Å². The van der Waals surface area contributed by atoms with Gasteiger partial charge in [-0.25, -0.2) is 0 Å². The highest BCUT2D eigenvalue weighted by Crippen LogP contribution is 2.18. The molecule has 0 heterocycles. The van der Waals surface area contributed by atoms with Crippen molar-refractivity contribution in [2.24, 2.45) is 0 Å². The first-order valence-electron chi connectivity index (χ1n) is 17.7. The summed E-state index contributed by atoms with van der Waals surface area (Å²) in [6.45, 7) is 4.53. The third-order valence-electron chi connectivity index (χ3n) is 7.99. The van der Waals surface area contributed by atoms with E-state index in [9.17, 15) is 9.59 Å². The van der Waals surface area contributed by atoms with Gasteiger partial charge in [0.05, 0.1) is 0 Å². The van der Waals surface area contributed by atoms with Crippen LogP contribution in [0.15, 0.2) is 12.2 Å². The number of unbranched alkanes of at least 4 members (excludes halogenated alkanes) is 21. The van der Waals surface area contributed by atoms with Crippen LogP contribution in [0.1, 0.15) is 200 Å². The standard InChI is InChI=1S/C36H68O4/c1-3-5-7-9-11-13-14-15-16-17-18-20-22-24-29-33-36(39)40-34(31-27-25-28-32-35(37)38)30-26-23-21-19-12-10-8-6-4-2/h15-16,34H,3-14,17-33H2,1-2H3,(H,37,38)/b16-15-. The van der Waals surface area contributed by atoms with Crippen LogP contribution in [-0.2, 0) is 14.3 Å².